The van der Waals surface area contributed by atoms with E-state index in [-0.39, 0.29) is 0 Å². The van der Waals surface area contributed by atoms with Gasteiger partial charge in [-0.1, -0.05) is 322 Å². The SMILES string of the molecule is c1ccc(-n2c3ccccc3c3ccc(-c4ccc(-c5nc(-c6cccc7ccccc67)c6ccc7sc8cc9ccccc9cc8c7c6n5)cc4)cc32)nc1.c1ccc2c(c1)Oc1ccccc1N2c1cc2c(ccc3sc4cc5ccccc5cc4c32)c(-c2ccc3ccccc3c2)n1.c1ccc2cc3c(cc2c1)sc1ccc2c(-c4cccc5ccccc45)nc(-c4cccc5c4oc4ccccc45)cc2c13. The largest absolute Gasteiger partial charge is 0.455 e. The van der Waals surface area contributed by atoms with Crippen molar-refractivity contribution in [3.63, 3.8) is 0 Å². The van der Waals surface area contributed by atoms with Gasteiger partial charge in [0.25, 0.3) is 0 Å². The van der Waals surface area contributed by atoms with E-state index in [9.17, 15) is 0 Å². The number of aromatic nitrogens is 6. The first-order chi connectivity index (χ1) is 71.8. The Hall–Kier alpha value is -18.4. The van der Waals surface area contributed by atoms with Gasteiger partial charge < -0.3 is 9.15 Å². The predicted octanol–water partition coefficient (Wildman–Crippen LogP) is 38.1. The zero-order chi connectivity index (χ0) is 95.0. The van der Waals surface area contributed by atoms with E-state index in [1.807, 2.05) is 88.7 Å². The van der Waals surface area contributed by atoms with Crippen LogP contribution in [-0.4, -0.2) is 29.5 Å². The van der Waals surface area contributed by atoms with Crippen LogP contribution in [0.5, 0.6) is 11.5 Å². The number of hydrogen-bond acceptors (Lipinski definition) is 11. The van der Waals surface area contributed by atoms with Gasteiger partial charge in [0, 0.05) is 132 Å². The van der Waals surface area contributed by atoms with E-state index in [4.69, 9.17) is 34.1 Å². The van der Waals surface area contributed by atoms with E-state index in [1.165, 1.54) is 147 Å². The quantitative estimate of drug-likeness (QED) is 0.148. The maximum atomic E-state index is 6.52. The van der Waals surface area contributed by atoms with Gasteiger partial charge in [0.2, 0.25) is 0 Å². The highest BCUT2D eigenvalue weighted by Gasteiger charge is 2.30. The van der Waals surface area contributed by atoms with Crippen LogP contribution < -0.4 is 9.64 Å². The first kappa shape index (κ1) is 82.5. The molecule has 31 aromatic rings. The van der Waals surface area contributed by atoms with Gasteiger partial charge in [0.15, 0.2) is 17.3 Å². The molecule has 0 aliphatic carbocycles. The molecule has 9 nitrogen and oxygen atoms in total. The Kier molecular flexibility index (Phi) is 18.8. The second-order valence-electron chi connectivity index (χ2n) is 37.5. The van der Waals surface area contributed by atoms with Gasteiger partial charge in [-0.2, -0.15) is 0 Å². The summed E-state index contributed by atoms with van der Waals surface area (Å²) in [6.45, 7) is 0. The van der Waals surface area contributed by atoms with Gasteiger partial charge in [0.05, 0.1) is 50.7 Å². The minimum absolute atomic E-state index is 0.713. The Morgan fingerprint density at radius 1 is 0.228 bits per heavy atom. The Morgan fingerprint density at radius 3 is 1.31 bits per heavy atom. The van der Waals surface area contributed by atoms with Crippen molar-refractivity contribution in [3.8, 4) is 84.9 Å². The molecular formula is C133H77N7O2S3. The van der Waals surface area contributed by atoms with Crippen molar-refractivity contribution in [1.29, 1.82) is 0 Å². The average molecular weight is 1900 g/mol. The van der Waals surface area contributed by atoms with Crippen molar-refractivity contribution in [2.75, 3.05) is 4.90 Å². The lowest BCUT2D eigenvalue weighted by molar-refractivity contribution is 0.476. The van der Waals surface area contributed by atoms with Crippen LogP contribution >= 0.6 is 34.0 Å². The molecule has 0 fully saturated rings. The summed E-state index contributed by atoms with van der Waals surface area (Å²) in [5.74, 6) is 4.11. The first-order valence-corrected chi connectivity index (χ1v) is 51.3. The first-order valence-electron chi connectivity index (χ1n) is 48.8. The molecule has 0 unspecified atom stereocenters. The van der Waals surface area contributed by atoms with Gasteiger partial charge >= 0.3 is 0 Å². The number of fused-ring (bicyclic) bond motifs is 29. The molecule has 0 amide bonds. The smallest absolute Gasteiger partial charge is 0.160 e. The number of nitrogens with zero attached hydrogens (tertiary/aromatic N) is 7. The molecule has 12 heteroatoms. The Bertz CT molecular complexity index is 10800. The zero-order valence-electron chi connectivity index (χ0n) is 77.6. The standard InChI is InChI=1S/C51H30N4S.C41H24N2OS.C41H23NOS/c1-2-12-35-30-46-42(28-34(35)11-1)48-45(56-46)26-25-41-49(40-16-9-13-32-10-3-4-14-37(32)40)53-51(54-50(41)48)33-21-19-31(20-22-33)36-23-24-39-38-15-5-6-17-43(38)55(44(39)29-36)47-18-7-8-27-52-47;1-2-10-26-21-29(18-17-25(26)9-1)41-30-19-20-37-40(32-22-27-11-3-4-12-28(27)23-38(32)45-37)31(30)24-39(42-41)43-33-13-5-7-15-35(33)44-36-16-8-6-14-34(36)43;1-2-11-26-22-38-34(21-25(26)10-1)39-33-23-35(32-17-8-16-31-28-14-5-6-18-36(28)43-41(31)32)42-40(30(33)19-20-37(39)44-38)29-15-7-12-24-9-3-4-13-27(24)29/h1-30H;1-24H;1-23H. The van der Waals surface area contributed by atoms with Crippen molar-refractivity contribution in [2.24, 2.45) is 0 Å². The number of thiophene rings is 3. The number of ether oxygens (including phenoxy) is 1. The van der Waals surface area contributed by atoms with E-state index < -0.39 is 0 Å². The third-order valence-corrected chi connectivity index (χ3v) is 32.6. The third-order valence-electron chi connectivity index (χ3n) is 29.3. The van der Waals surface area contributed by atoms with Crippen molar-refractivity contribution >= 4 is 253 Å². The topological polar surface area (TPSA) is 95.0 Å². The molecule has 22 aromatic carbocycles. The highest BCUT2D eigenvalue weighted by atomic mass is 32.1. The highest BCUT2D eigenvalue weighted by molar-refractivity contribution is 7.27. The Morgan fingerprint density at radius 2 is 0.683 bits per heavy atom. The average Bonchev–Trinajstić information content (AvgIpc) is 1.73. The molecule has 145 heavy (non-hydrogen) atoms. The number of pyridine rings is 3. The maximum absolute atomic E-state index is 6.52. The van der Waals surface area contributed by atoms with Gasteiger partial charge in [-0.25, -0.2) is 24.9 Å². The fourth-order valence-electron chi connectivity index (χ4n) is 22.5. The van der Waals surface area contributed by atoms with Crippen LogP contribution in [0.25, 0.3) is 275 Å². The van der Waals surface area contributed by atoms with Crippen LogP contribution in [0.3, 0.4) is 0 Å². The summed E-state index contributed by atoms with van der Waals surface area (Å²) in [5.41, 5.74) is 18.4. The minimum Gasteiger partial charge on any atom is -0.455 e. The van der Waals surface area contributed by atoms with Crippen molar-refractivity contribution in [2.45, 2.75) is 0 Å². The van der Waals surface area contributed by atoms with E-state index in [0.717, 1.165) is 151 Å². The summed E-state index contributed by atoms with van der Waals surface area (Å²) in [4.78, 5) is 28.8. The van der Waals surface area contributed by atoms with Crippen molar-refractivity contribution < 1.29 is 9.15 Å². The maximum Gasteiger partial charge on any atom is 0.160 e. The monoisotopic (exact) mass is 1900 g/mol. The molecule has 674 valence electrons. The zero-order valence-corrected chi connectivity index (χ0v) is 80.1. The number of anilines is 3. The Balaban J connectivity index is 0.000000102. The molecule has 0 N–H and O–H groups in total. The predicted molar refractivity (Wildman–Crippen MR) is 614 cm³/mol. The summed E-state index contributed by atoms with van der Waals surface area (Å²) >= 11 is 5.56. The fraction of sp³-hybridized carbons (Fsp3) is 0. The second-order valence-corrected chi connectivity index (χ2v) is 40.7. The van der Waals surface area contributed by atoms with Crippen LogP contribution in [0, 0.1) is 0 Å². The molecular weight excluding hydrogens is 1820 g/mol. The molecule has 0 atom stereocenters. The summed E-state index contributed by atoms with van der Waals surface area (Å²) in [5, 5.41) is 32.7. The molecule has 0 radical (unpaired) electrons. The normalized spacial score (nSPS) is 12.2. The van der Waals surface area contributed by atoms with E-state index in [2.05, 4.69) is 422 Å². The lowest BCUT2D eigenvalue weighted by atomic mass is 9.94. The van der Waals surface area contributed by atoms with Crippen LogP contribution in [-0.2, 0) is 0 Å². The van der Waals surface area contributed by atoms with Gasteiger partial charge in [-0.15, -0.1) is 34.0 Å². The van der Waals surface area contributed by atoms with E-state index in [0.29, 0.717) is 5.82 Å². The van der Waals surface area contributed by atoms with Crippen LogP contribution in [0.4, 0.5) is 17.2 Å². The summed E-state index contributed by atoms with van der Waals surface area (Å²) in [6.07, 6.45) is 1.85. The van der Waals surface area contributed by atoms with Gasteiger partial charge in [0.1, 0.15) is 22.8 Å². The lowest BCUT2D eigenvalue weighted by Crippen LogP contribution is -2.17. The van der Waals surface area contributed by atoms with Crippen LogP contribution in [0.2, 0.25) is 0 Å². The second kappa shape index (κ2) is 33.1. The molecule has 0 bridgehead atoms. The van der Waals surface area contributed by atoms with Crippen LogP contribution in [0.15, 0.2) is 472 Å². The fourth-order valence-corrected chi connectivity index (χ4v) is 25.9. The molecule has 9 aromatic heterocycles. The molecule has 0 saturated heterocycles. The summed E-state index contributed by atoms with van der Waals surface area (Å²) in [6, 6.07) is 165. The Labute approximate surface area is 841 Å². The summed E-state index contributed by atoms with van der Waals surface area (Å²) in [7, 11) is 0. The minimum atomic E-state index is 0.713. The van der Waals surface area contributed by atoms with E-state index in [1.54, 1.807) is 0 Å². The third kappa shape index (κ3) is 13.5. The molecule has 10 heterocycles. The van der Waals surface area contributed by atoms with Crippen LogP contribution in [0.1, 0.15) is 0 Å². The number of hydrogen-bond donors (Lipinski definition) is 0. The number of rotatable bonds is 8. The number of para-hydroxylation sites is 7. The van der Waals surface area contributed by atoms with Gasteiger partial charge in [-0.05, 0) is 226 Å². The van der Waals surface area contributed by atoms with E-state index >= 15 is 0 Å². The molecule has 0 saturated carbocycles. The van der Waals surface area contributed by atoms with Crippen molar-refractivity contribution in [1.82, 2.24) is 29.5 Å². The van der Waals surface area contributed by atoms with Crippen molar-refractivity contribution in [3.05, 3.63) is 467 Å². The lowest BCUT2D eigenvalue weighted by Gasteiger charge is -2.32. The number of benzene rings is 22. The molecule has 0 spiro atoms. The highest BCUT2D eigenvalue weighted by Crippen LogP contribution is 2.54. The van der Waals surface area contributed by atoms with Gasteiger partial charge in [-0.3, -0.25) is 9.47 Å². The molecule has 32 rings (SSSR count). The molecule has 1 aliphatic rings. The summed E-state index contributed by atoms with van der Waals surface area (Å²) < 4.78 is 22.8. The number of furan rings is 1. The molecule has 1 aliphatic heterocycles.